The zero-order chi connectivity index (χ0) is 19.9. The molecule has 9 heteroatoms. The molecule has 0 saturated carbocycles. The number of halogens is 2. The first-order valence-electron chi connectivity index (χ1n) is 9.20. The fourth-order valence-electron chi connectivity index (χ4n) is 2.96. The quantitative estimate of drug-likeness (QED) is 0.774. The molecule has 0 aliphatic carbocycles. The highest BCUT2D eigenvalue weighted by Crippen LogP contribution is 2.25. The third-order valence-electron chi connectivity index (χ3n) is 4.51. The van der Waals surface area contributed by atoms with Crippen LogP contribution >= 0.6 is 0 Å². The number of nitrogens with zero attached hydrogens (tertiary/aromatic N) is 3. The molecule has 1 aromatic heterocycles. The second kappa shape index (κ2) is 9.50. The predicted molar refractivity (Wildman–Crippen MR) is 99.5 cm³/mol. The Morgan fingerprint density at radius 1 is 1.43 bits per heavy atom. The molecule has 2 heterocycles. The number of alkyl halides is 2. The van der Waals surface area contributed by atoms with E-state index in [1.807, 2.05) is 6.07 Å². The Morgan fingerprint density at radius 2 is 2.25 bits per heavy atom. The third-order valence-corrected chi connectivity index (χ3v) is 4.51. The van der Waals surface area contributed by atoms with Crippen LogP contribution in [0.5, 0.6) is 5.75 Å². The maximum absolute atomic E-state index is 12.9. The van der Waals surface area contributed by atoms with Gasteiger partial charge in [-0.3, -0.25) is 4.57 Å². The van der Waals surface area contributed by atoms with Crippen LogP contribution in [0.2, 0.25) is 0 Å². The number of hydrogen-bond acceptors (Lipinski definition) is 4. The fraction of sp³-hybridized carbons (Fsp3) is 0.474. The van der Waals surface area contributed by atoms with Crippen molar-refractivity contribution in [3.8, 4) is 5.75 Å². The topological polar surface area (TPSA) is 68.6 Å². The summed E-state index contributed by atoms with van der Waals surface area (Å²) in [7, 11) is 1.51. The summed E-state index contributed by atoms with van der Waals surface area (Å²) in [6.07, 6.45) is 5.65. The van der Waals surface area contributed by atoms with Crippen molar-refractivity contribution in [2.75, 3.05) is 25.6 Å². The predicted octanol–water partition coefficient (Wildman–Crippen LogP) is 3.89. The lowest BCUT2D eigenvalue weighted by Crippen LogP contribution is -2.32. The summed E-state index contributed by atoms with van der Waals surface area (Å²) in [5.74, 6) is 0.638. The van der Waals surface area contributed by atoms with Crippen LogP contribution in [0.3, 0.4) is 0 Å². The second-order valence-electron chi connectivity index (χ2n) is 6.61. The van der Waals surface area contributed by atoms with Gasteiger partial charge in [-0.25, -0.2) is 9.78 Å². The molecular weight excluding hydrogens is 370 g/mol. The van der Waals surface area contributed by atoms with E-state index in [4.69, 9.17) is 9.47 Å². The molecule has 1 aliphatic rings. The summed E-state index contributed by atoms with van der Waals surface area (Å²) in [5.41, 5.74) is 0.507. The monoisotopic (exact) mass is 394 g/mol. The van der Waals surface area contributed by atoms with Crippen molar-refractivity contribution in [1.82, 2.24) is 14.5 Å². The van der Waals surface area contributed by atoms with Gasteiger partial charge in [-0.15, -0.1) is 0 Å². The number of anilines is 1. The van der Waals surface area contributed by atoms with Gasteiger partial charge in [0.1, 0.15) is 18.2 Å². The van der Waals surface area contributed by atoms with Crippen molar-refractivity contribution in [2.24, 2.45) is 0 Å². The van der Waals surface area contributed by atoms with Gasteiger partial charge in [-0.2, -0.15) is 8.78 Å². The van der Waals surface area contributed by atoms with Crippen LogP contribution in [-0.2, 0) is 11.3 Å². The largest absolute Gasteiger partial charge is 0.489 e. The second-order valence-corrected chi connectivity index (χ2v) is 6.61. The lowest BCUT2D eigenvalue weighted by molar-refractivity contribution is -0.0109. The number of imidazole rings is 1. The molecule has 1 aromatic carbocycles. The van der Waals surface area contributed by atoms with Crippen LogP contribution in [0.1, 0.15) is 31.6 Å². The average Bonchev–Trinajstić information content (AvgIpc) is 3.16. The van der Waals surface area contributed by atoms with Crippen molar-refractivity contribution >= 4 is 11.7 Å². The van der Waals surface area contributed by atoms with E-state index in [9.17, 15) is 13.6 Å². The Balaban J connectivity index is 1.59. The molecule has 28 heavy (non-hydrogen) atoms. The van der Waals surface area contributed by atoms with Crippen LogP contribution in [0, 0.1) is 0 Å². The summed E-state index contributed by atoms with van der Waals surface area (Å²) >= 11 is 0. The van der Waals surface area contributed by atoms with E-state index in [-0.39, 0.29) is 18.5 Å². The van der Waals surface area contributed by atoms with Crippen LogP contribution in [0.15, 0.2) is 36.7 Å². The molecule has 1 N–H and O–H groups in total. The zero-order valence-corrected chi connectivity index (χ0v) is 15.7. The minimum absolute atomic E-state index is 0.0494. The highest BCUT2D eigenvalue weighted by molar-refractivity contribution is 5.90. The molecule has 0 bridgehead atoms. The molecule has 1 atom stereocenters. The molecular formula is C19H24F2N4O3. The van der Waals surface area contributed by atoms with E-state index in [2.05, 4.69) is 10.3 Å². The van der Waals surface area contributed by atoms with Gasteiger partial charge in [-0.05, 0) is 31.4 Å². The van der Waals surface area contributed by atoms with Gasteiger partial charge in [-0.1, -0.05) is 12.1 Å². The number of carbonyl (C=O) groups excluding carboxylic acids is 1. The van der Waals surface area contributed by atoms with Crippen molar-refractivity contribution in [3.05, 3.63) is 42.5 Å². The molecule has 2 aromatic rings. The number of hydrogen-bond donors (Lipinski definition) is 1. The van der Waals surface area contributed by atoms with Gasteiger partial charge in [0.05, 0.1) is 18.3 Å². The maximum Gasteiger partial charge on any atom is 0.322 e. The maximum atomic E-state index is 12.9. The molecule has 1 saturated heterocycles. The Labute approximate surface area is 162 Å². The standard InChI is InChI=1S/C19H24F2N4O3/c1-24(12-17-22-9-10-25(17)18(20)21)19(26)23-15-7-2-3-8-16(15)28-13-14-6-4-5-11-27-14/h2-3,7-10,14,18H,4-6,11-13H2,1H3,(H,23,26). The zero-order valence-electron chi connectivity index (χ0n) is 15.7. The number of carbonyl (C=O) groups is 1. The minimum Gasteiger partial charge on any atom is -0.489 e. The Bertz CT molecular complexity index is 778. The number of benzene rings is 1. The molecule has 0 radical (unpaired) electrons. The van der Waals surface area contributed by atoms with E-state index >= 15 is 0 Å². The normalized spacial score (nSPS) is 16.8. The number of ether oxygens (including phenoxy) is 2. The lowest BCUT2D eigenvalue weighted by Gasteiger charge is -2.23. The smallest absolute Gasteiger partial charge is 0.322 e. The number of nitrogens with one attached hydrogen (secondary N) is 1. The summed E-state index contributed by atoms with van der Waals surface area (Å²) in [6.45, 7) is -1.60. The average molecular weight is 394 g/mol. The summed E-state index contributed by atoms with van der Waals surface area (Å²) in [5, 5.41) is 2.76. The minimum atomic E-state index is -2.70. The SMILES string of the molecule is CN(Cc1nccn1C(F)F)C(=O)Nc1ccccc1OCC1CCCCO1. The number of urea groups is 1. The Hall–Kier alpha value is -2.68. The number of amides is 2. The van der Waals surface area contributed by atoms with E-state index in [1.54, 1.807) is 18.2 Å². The molecule has 1 unspecified atom stereocenters. The summed E-state index contributed by atoms with van der Waals surface area (Å²) < 4.78 is 38.1. The van der Waals surface area contributed by atoms with Crippen molar-refractivity contribution < 1.29 is 23.0 Å². The molecule has 152 valence electrons. The third kappa shape index (κ3) is 5.19. The van der Waals surface area contributed by atoms with Gasteiger partial charge in [0, 0.05) is 26.0 Å². The first kappa shape index (κ1) is 20.1. The van der Waals surface area contributed by atoms with E-state index in [0.717, 1.165) is 30.4 Å². The Morgan fingerprint density at radius 3 is 3.00 bits per heavy atom. The van der Waals surface area contributed by atoms with Gasteiger partial charge >= 0.3 is 12.6 Å². The van der Waals surface area contributed by atoms with Gasteiger partial charge in [0.2, 0.25) is 0 Å². The molecule has 1 aliphatic heterocycles. The molecule has 1 fully saturated rings. The van der Waals surface area contributed by atoms with Crippen LogP contribution in [-0.4, -0.2) is 46.8 Å². The van der Waals surface area contributed by atoms with Crippen molar-refractivity contribution in [3.63, 3.8) is 0 Å². The molecule has 3 rings (SSSR count). The van der Waals surface area contributed by atoms with Crippen LogP contribution < -0.4 is 10.1 Å². The Kier molecular flexibility index (Phi) is 6.80. The van der Waals surface area contributed by atoms with Crippen LogP contribution in [0.25, 0.3) is 0 Å². The van der Waals surface area contributed by atoms with Crippen LogP contribution in [0.4, 0.5) is 19.3 Å². The van der Waals surface area contributed by atoms with E-state index < -0.39 is 12.6 Å². The van der Waals surface area contributed by atoms with Crippen molar-refractivity contribution in [2.45, 2.75) is 38.5 Å². The first-order valence-corrected chi connectivity index (χ1v) is 9.20. The highest BCUT2D eigenvalue weighted by atomic mass is 19.3. The van der Waals surface area contributed by atoms with Crippen molar-refractivity contribution in [1.29, 1.82) is 0 Å². The van der Waals surface area contributed by atoms with Gasteiger partial charge in [0.15, 0.2) is 0 Å². The van der Waals surface area contributed by atoms with E-state index in [0.29, 0.717) is 18.0 Å². The molecule has 0 spiro atoms. The molecule has 7 nitrogen and oxygen atoms in total. The first-order chi connectivity index (χ1) is 13.5. The van der Waals surface area contributed by atoms with Gasteiger partial charge < -0.3 is 19.7 Å². The van der Waals surface area contributed by atoms with Gasteiger partial charge in [0.25, 0.3) is 0 Å². The number of rotatable bonds is 7. The molecule has 2 amide bonds. The number of aromatic nitrogens is 2. The highest BCUT2D eigenvalue weighted by Gasteiger charge is 2.18. The summed E-state index contributed by atoms with van der Waals surface area (Å²) in [4.78, 5) is 17.7. The van der Waals surface area contributed by atoms with E-state index in [1.165, 1.54) is 24.3 Å². The lowest BCUT2D eigenvalue weighted by atomic mass is 10.1. The summed E-state index contributed by atoms with van der Waals surface area (Å²) in [6, 6.07) is 6.64. The number of para-hydroxylation sites is 2. The fourth-order valence-corrected chi connectivity index (χ4v) is 2.96.